The first-order valence-corrected chi connectivity index (χ1v) is 22.5. The predicted octanol–water partition coefficient (Wildman–Crippen LogP) is 8.10. The van der Waals surface area contributed by atoms with E-state index < -0.39 is 42.6 Å². The van der Waals surface area contributed by atoms with Gasteiger partial charge in [0.25, 0.3) is 0 Å². The van der Waals surface area contributed by atoms with Crippen molar-refractivity contribution >= 4 is 17.5 Å². The molecule has 322 valence electrons. The molecule has 1 saturated heterocycles. The molecule has 59 heavy (non-hydrogen) atoms. The Bertz CT molecular complexity index is 1910. The minimum atomic E-state index is -1.80. The molecule has 1 aliphatic heterocycles. The monoisotopic (exact) mass is 812 g/mol. The Kier molecular flexibility index (Phi) is 11.1. The third-order valence-corrected chi connectivity index (χ3v) is 18.1. The van der Waals surface area contributed by atoms with E-state index >= 15 is 0 Å². The molecule has 0 aromatic heterocycles. The maximum Gasteiger partial charge on any atom is 0.340 e. The second kappa shape index (κ2) is 15.4. The summed E-state index contributed by atoms with van der Waals surface area (Å²) in [7, 11) is 2.24. The molecule has 4 N–H and O–H groups in total. The Morgan fingerprint density at radius 2 is 1.53 bits per heavy atom. The first-order chi connectivity index (χ1) is 27.9. The van der Waals surface area contributed by atoms with Gasteiger partial charge in [-0.3, -0.25) is 0 Å². The van der Waals surface area contributed by atoms with Gasteiger partial charge in [0.15, 0.2) is 6.10 Å². The summed E-state index contributed by atoms with van der Waals surface area (Å²) in [6.45, 7) is 17.8. The highest BCUT2D eigenvalue weighted by atomic mass is 16.7. The number of hydrogen-bond donors (Lipinski definition) is 4. The van der Waals surface area contributed by atoms with Crippen molar-refractivity contribution in [2.75, 3.05) is 7.05 Å². The lowest BCUT2D eigenvalue weighted by atomic mass is 9.33. The number of rotatable bonds is 8. The SMILES string of the molecule is CN[C@]12CC[C@@H](C(C)C)C1[C@H]1CCC3[C@@]4(C)CC=C(c5ccc(C(=O)OC6O[C@H](C(=O)OCc7ccccc7)[C@@H](O)[C@H](O)[C@H]6O)cc5)C(C)(C)C4CC[C@@]3(C)[C@]1(C)CC2. The van der Waals surface area contributed by atoms with E-state index in [9.17, 15) is 24.9 Å². The van der Waals surface area contributed by atoms with Crippen molar-refractivity contribution in [1.82, 2.24) is 5.32 Å². The number of aliphatic hydroxyl groups excluding tert-OH is 3. The van der Waals surface area contributed by atoms with Gasteiger partial charge in [-0.05, 0) is 151 Å². The lowest BCUT2D eigenvalue weighted by molar-refractivity contribution is -0.280. The highest BCUT2D eigenvalue weighted by Gasteiger charge is 2.70. The summed E-state index contributed by atoms with van der Waals surface area (Å²) in [5.41, 5.74) is 4.37. The molecule has 2 aromatic rings. The molecule has 0 bridgehead atoms. The quantitative estimate of drug-likeness (QED) is 0.195. The molecule has 2 aromatic carbocycles. The standard InChI is InChI=1S/C50H69NO8/c1-29(2)33-20-25-50(51-8)27-26-48(6)35(38(33)50)18-19-37-47(5)23-21-34(46(3,4)36(47)22-24-49(37,48)7)31-14-16-32(17-15-31)43(55)59-45-41(54)39(52)40(53)42(58-45)44(56)57-28-30-12-10-9-11-13-30/h9-17,21,29,33,35-42,45,51-54H,18-20,22-28H2,1-8H3/t33-,35+,36?,37?,38?,39-,40-,41+,42-,45?,47-,48+,49+,50-/m0/s1. The zero-order valence-corrected chi connectivity index (χ0v) is 36.6. The number of ether oxygens (including phenoxy) is 3. The normalized spacial score (nSPS) is 42.4. The Morgan fingerprint density at radius 1 is 0.814 bits per heavy atom. The number of benzene rings is 2. The van der Waals surface area contributed by atoms with Gasteiger partial charge in [0.2, 0.25) is 6.29 Å². The number of esters is 2. The summed E-state index contributed by atoms with van der Waals surface area (Å²) < 4.78 is 16.4. The molecule has 4 unspecified atom stereocenters. The lowest BCUT2D eigenvalue weighted by Gasteiger charge is -2.72. The molecule has 0 amide bonds. The smallest absolute Gasteiger partial charge is 0.340 e. The molecule has 1 heterocycles. The molecule has 5 fully saturated rings. The molecule has 0 spiro atoms. The van der Waals surface area contributed by atoms with Crippen LogP contribution in [0.4, 0.5) is 0 Å². The van der Waals surface area contributed by atoms with Crippen molar-refractivity contribution in [3.63, 3.8) is 0 Å². The number of allylic oxidation sites excluding steroid dienone is 2. The molecule has 5 aliphatic carbocycles. The van der Waals surface area contributed by atoms with E-state index in [4.69, 9.17) is 14.2 Å². The fraction of sp³-hybridized carbons (Fsp3) is 0.680. The molecule has 8 rings (SSSR count). The van der Waals surface area contributed by atoms with Gasteiger partial charge in [-0.25, -0.2) is 9.59 Å². The van der Waals surface area contributed by atoms with E-state index in [1.165, 1.54) is 56.9 Å². The Balaban J connectivity index is 0.970. The van der Waals surface area contributed by atoms with Crippen molar-refractivity contribution < 1.29 is 39.1 Å². The molecule has 0 radical (unpaired) electrons. The minimum absolute atomic E-state index is 0.0776. The van der Waals surface area contributed by atoms with E-state index in [0.717, 1.165) is 41.2 Å². The zero-order valence-electron chi connectivity index (χ0n) is 36.6. The van der Waals surface area contributed by atoms with Gasteiger partial charge >= 0.3 is 11.9 Å². The maximum atomic E-state index is 13.4. The van der Waals surface area contributed by atoms with Crippen LogP contribution in [0.25, 0.3) is 5.57 Å². The molecule has 9 heteroatoms. The number of nitrogens with one attached hydrogen (secondary N) is 1. The van der Waals surface area contributed by atoms with Crippen molar-refractivity contribution in [2.24, 2.45) is 57.2 Å². The van der Waals surface area contributed by atoms with E-state index in [-0.39, 0.29) is 23.0 Å². The Hall–Kier alpha value is -3.08. The molecule has 9 nitrogen and oxygen atoms in total. The summed E-state index contributed by atoms with van der Waals surface area (Å²) >= 11 is 0. The summed E-state index contributed by atoms with van der Waals surface area (Å²) in [5, 5.41) is 35.7. The molecular formula is C50H69NO8. The van der Waals surface area contributed by atoms with Gasteiger partial charge in [0, 0.05) is 5.54 Å². The first-order valence-electron chi connectivity index (χ1n) is 22.5. The van der Waals surface area contributed by atoms with Gasteiger partial charge < -0.3 is 34.8 Å². The number of carbonyl (C=O) groups excluding carboxylic acids is 2. The van der Waals surface area contributed by atoms with Crippen LogP contribution in [-0.2, 0) is 25.6 Å². The van der Waals surface area contributed by atoms with Crippen LogP contribution in [0.1, 0.15) is 128 Å². The van der Waals surface area contributed by atoms with E-state index in [2.05, 4.69) is 66.9 Å². The minimum Gasteiger partial charge on any atom is -0.459 e. The van der Waals surface area contributed by atoms with Crippen LogP contribution in [0.15, 0.2) is 60.7 Å². The Labute approximate surface area is 351 Å². The van der Waals surface area contributed by atoms with Crippen molar-refractivity contribution in [3.8, 4) is 0 Å². The van der Waals surface area contributed by atoms with Crippen molar-refractivity contribution in [1.29, 1.82) is 0 Å². The highest BCUT2D eigenvalue weighted by Crippen LogP contribution is 2.76. The average Bonchev–Trinajstić information content (AvgIpc) is 3.61. The van der Waals surface area contributed by atoms with Gasteiger partial charge in [0.05, 0.1) is 5.56 Å². The molecule has 6 aliphatic rings. The fourth-order valence-corrected chi connectivity index (χ4v) is 14.8. The second-order valence-corrected chi connectivity index (χ2v) is 21.1. The van der Waals surface area contributed by atoms with Gasteiger partial charge in [-0.1, -0.05) is 97.0 Å². The number of fused-ring (bicyclic) bond motifs is 7. The molecule has 4 saturated carbocycles. The number of aliphatic hydroxyl groups is 3. The summed E-state index contributed by atoms with van der Waals surface area (Å²) in [6, 6.07) is 16.4. The van der Waals surface area contributed by atoms with Crippen LogP contribution in [0, 0.1) is 57.2 Å². The largest absolute Gasteiger partial charge is 0.459 e. The third kappa shape index (κ3) is 6.66. The maximum absolute atomic E-state index is 13.4. The van der Waals surface area contributed by atoms with Crippen LogP contribution >= 0.6 is 0 Å². The summed E-state index contributed by atoms with van der Waals surface area (Å²) in [4.78, 5) is 26.3. The molecular weight excluding hydrogens is 743 g/mol. The van der Waals surface area contributed by atoms with Crippen LogP contribution in [0.2, 0.25) is 0 Å². The van der Waals surface area contributed by atoms with Crippen LogP contribution in [0.5, 0.6) is 0 Å². The topological polar surface area (TPSA) is 135 Å². The number of hydrogen-bond acceptors (Lipinski definition) is 9. The Morgan fingerprint density at radius 3 is 2.20 bits per heavy atom. The molecule has 14 atom stereocenters. The zero-order chi connectivity index (χ0) is 42.3. The van der Waals surface area contributed by atoms with Gasteiger partial charge in [0.1, 0.15) is 24.9 Å². The lowest BCUT2D eigenvalue weighted by Crippen LogP contribution is -2.67. The van der Waals surface area contributed by atoms with Crippen LogP contribution in [-0.4, -0.2) is 70.6 Å². The average molecular weight is 812 g/mol. The van der Waals surface area contributed by atoms with Gasteiger partial charge in [-0.15, -0.1) is 0 Å². The summed E-state index contributed by atoms with van der Waals surface area (Å²) in [6.07, 6.45) is 5.27. The van der Waals surface area contributed by atoms with E-state index in [1.807, 2.05) is 18.2 Å². The van der Waals surface area contributed by atoms with Crippen molar-refractivity contribution in [2.45, 2.75) is 149 Å². The summed E-state index contributed by atoms with van der Waals surface area (Å²) in [5.74, 6) is 2.49. The third-order valence-electron chi connectivity index (χ3n) is 18.1. The van der Waals surface area contributed by atoms with Crippen molar-refractivity contribution in [3.05, 3.63) is 77.4 Å². The fourth-order valence-electron chi connectivity index (χ4n) is 14.8. The predicted molar refractivity (Wildman–Crippen MR) is 226 cm³/mol. The number of carbonyl (C=O) groups is 2. The van der Waals surface area contributed by atoms with Crippen LogP contribution < -0.4 is 5.32 Å². The van der Waals surface area contributed by atoms with Gasteiger partial charge in [-0.2, -0.15) is 0 Å². The highest BCUT2D eigenvalue weighted by molar-refractivity contribution is 5.90. The van der Waals surface area contributed by atoms with Crippen LogP contribution in [0.3, 0.4) is 0 Å². The first kappa shape index (κ1) is 42.6. The van der Waals surface area contributed by atoms with E-state index in [0.29, 0.717) is 28.2 Å². The van der Waals surface area contributed by atoms with E-state index in [1.54, 1.807) is 36.4 Å². The second-order valence-electron chi connectivity index (χ2n) is 21.1.